The third-order valence-electron chi connectivity index (χ3n) is 4.83. The Kier molecular flexibility index (Phi) is 9.05. The van der Waals surface area contributed by atoms with E-state index in [9.17, 15) is 5.11 Å². The number of aliphatic hydroxyl groups is 1. The van der Waals surface area contributed by atoms with Crippen LogP contribution in [-0.2, 0) is 4.74 Å². The van der Waals surface area contributed by atoms with Gasteiger partial charge in [0, 0.05) is 23.6 Å². The number of ether oxygens (including phenoxy) is 3. The number of rotatable bonds is 7. The van der Waals surface area contributed by atoms with Crippen molar-refractivity contribution >= 4 is 28.3 Å². The third kappa shape index (κ3) is 5.84. The monoisotopic (exact) mass is 471 g/mol. The number of benzene rings is 2. The van der Waals surface area contributed by atoms with Gasteiger partial charge in [-0.05, 0) is 36.8 Å². The molecule has 0 radical (unpaired) electrons. The lowest BCUT2D eigenvalue weighted by Gasteiger charge is -2.40. The summed E-state index contributed by atoms with van der Waals surface area (Å²) >= 11 is 3.47. The highest BCUT2D eigenvalue weighted by atomic mass is 79.9. The van der Waals surface area contributed by atoms with Crippen LogP contribution in [0.4, 0.5) is 0 Å². The first-order chi connectivity index (χ1) is 13.1. The van der Waals surface area contributed by atoms with E-state index in [0.717, 1.165) is 16.6 Å². The third-order valence-corrected chi connectivity index (χ3v) is 5.36. The Morgan fingerprint density at radius 3 is 2.54 bits per heavy atom. The molecule has 1 aliphatic rings. The fraction of sp³-hybridized carbons (Fsp3) is 0.429. The minimum absolute atomic E-state index is 0. The molecule has 154 valence electrons. The highest BCUT2D eigenvalue weighted by molar-refractivity contribution is 9.10. The maximum Gasteiger partial charge on any atom is 0.161 e. The molecule has 1 fully saturated rings. The predicted octanol–water partition coefficient (Wildman–Crippen LogP) is 4.08. The first kappa shape index (κ1) is 23.0. The van der Waals surface area contributed by atoms with Crippen LogP contribution in [0, 0.1) is 0 Å². The molecule has 1 saturated heterocycles. The second kappa shape index (κ2) is 11.0. The van der Waals surface area contributed by atoms with E-state index < -0.39 is 6.10 Å². The van der Waals surface area contributed by atoms with Crippen molar-refractivity contribution in [3.63, 3.8) is 0 Å². The molecule has 0 saturated carbocycles. The first-order valence-corrected chi connectivity index (χ1v) is 9.92. The molecule has 0 bridgehead atoms. The summed E-state index contributed by atoms with van der Waals surface area (Å²) in [6, 6.07) is 15.8. The summed E-state index contributed by atoms with van der Waals surface area (Å²) in [6.07, 6.45) is -0.602. The van der Waals surface area contributed by atoms with Gasteiger partial charge in [-0.3, -0.25) is 4.90 Å². The number of hydrogen-bond acceptors (Lipinski definition) is 5. The minimum Gasteiger partial charge on any atom is -0.493 e. The molecule has 0 amide bonds. The Balaban J connectivity index is 0.00000280. The summed E-state index contributed by atoms with van der Waals surface area (Å²) < 4.78 is 18.1. The number of β-amino-alcohol motifs (C(OH)–C–C–N with tert-alkyl or cyclic N) is 1. The Morgan fingerprint density at radius 2 is 1.86 bits per heavy atom. The molecule has 0 aliphatic carbocycles. The molecular weight excluding hydrogens is 446 g/mol. The second-order valence-electron chi connectivity index (χ2n) is 6.69. The van der Waals surface area contributed by atoms with Gasteiger partial charge in [0.15, 0.2) is 11.5 Å². The number of nitrogens with zero attached hydrogens (tertiary/aromatic N) is 1. The van der Waals surface area contributed by atoms with Crippen LogP contribution < -0.4 is 9.47 Å². The minimum atomic E-state index is -0.596. The summed E-state index contributed by atoms with van der Waals surface area (Å²) in [4.78, 5) is 2.26. The summed E-state index contributed by atoms with van der Waals surface area (Å²) in [5.74, 6) is 1.31. The van der Waals surface area contributed by atoms with Crippen molar-refractivity contribution in [1.82, 2.24) is 4.90 Å². The van der Waals surface area contributed by atoms with Gasteiger partial charge in [0.25, 0.3) is 0 Å². The van der Waals surface area contributed by atoms with Crippen LogP contribution >= 0.6 is 28.3 Å². The van der Waals surface area contributed by atoms with Gasteiger partial charge in [-0.15, -0.1) is 12.4 Å². The second-order valence-corrected chi connectivity index (χ2v) is 7.61. The van der Waals surface area contributed by atoms with Crippen molar-refractivity contribution in [3.8, 4) is 11.5 Å². The highest BCUT2D eigenvalue weighted by Gasteiger charge is 2.31. The summed E-state index contributed by atoms with van der Waals surface area (Å²) in [5.41, 5.74) is 1.15. The van der Waals surface area contributed by atoms with Gasteiger partial charge in [-0.1, -0.05) is 40.2 Å². The number of para-hydroxylation sites is 2. The molecular formula is C21H27BrClNO4. The van der Waals surface area contributed by atoms with Crippen LogP contribution in [0.3, 0.4) is 0 Å². The van der Waals surface area contributed by atoms with Crippen molar-refractivity contribution in [2.45, 2.75) is 25.2 Å². The maximum absolute atomic E-state index is 10.5. The Bertz CT molecular complexity index is 731. The predicted molar refractivity (Wildman–Crippen MR) is 116 cm³/mol. The van der Waals surface area contributed by atoms with E-state index in [0.29, 0.717) is 24.7 Å². The molecule has 2 aromatic carbocycles. The van der Waals surface area contributed by atoms with Crippen LogP contribution in [0.25, 0.3) is 0 Å². The lowest BCUT2D eigenvalue weighted by atomic mass is 10.0. The van der Waals surface area contributed by atoms with Gasteiger partial charge >= 0.3 is 0 Å². The first-order valence-electron chi connectivity index (χ1n) is 9.13. The zero-order valence-electron chi connectivity index (χ0n) is 16.1. The van der Waals surface area contributed by atoms with E-state index in [2.05, 4.69) is 39.9 Å². The standard InChI is InChI=1S/C21H26BrNO4.ClH/c1-15-21(16-7-9-17(22)10-8-16)26-12-11-23(15)13-18(24)14-27-20-6-4-3-5-19(20)25-2;/h3-10,15,18,21,24H,11-14H2,1-2H3;1H. The summed E-state index contributed by atoms with van der Waals surface area (Å²) in [5, 5.41) is 10.5. The number of hydrogen-bond donors (Lipinski definition) is 1. The molecule has 2 aromatic rings. The van der Waals surface area contributed by atoms with E-state index in [-0.39, 0.29) is 31.2 Å². The molecule has 7 heteroatoms. The quantitative estimate of drug-likeness (QED) is 0.658. The molecule has 0 spiro atoms. The summed E-state index contributed by atoms with van der Waals surface area (Å²) in [6.45, 7) is 4.32. The molecule has 5 nitrogen and oxygen atoms in total. The normalized spacial score (nSPS) is 20.9. The molecule has 1 heterocycles. The van der Waals surface area contributed by atoms with Gasteiger partial charge in [0.1, 0.15) is 12.7 Å². The van der Waals surface area contributed by atoms with Gasteiger partial charge in [-0.25, -0.2) is 0 Å². The highest BCUT2D eigenvalue weighted by Crippen LogP contribution is 2.30. The number of halogens is 2. The fourth-order valence-electron chi connectivity index (χ4n) is 3.36. The van der Waals surface area contributed by atoms with E-state index in [1.54, 1.807) is 7.11 Å². The zero-order chi connectivity index (χ0) is 19.2. The van der Waals surface area contributed by atoms with Crippen molar-refractivity contribution in [2.24, 2.45) is 0 Å². The fourth-order valence-corrected chi connectivity index (χ4v) is 3.63. The smallest absolute Gasteiger partial charge is 0.161 e. The van der Waals surface area contributed by atoms with E-state index in [4.69, 9.17) is 14.2 Å². The molecule has 3 unspecified atom stereocenters. The molecule has 3 rings (SSSR count). The Labute approximate surface area is 181 Å². The average Bonchev–Trinajstić information content (AvgIpc) is 2.69. The molecule has 0 aromatic heterocycles. The molecule has 3 atom stereocenters. The lowest BCUT2D eigenvalue weighted by molar-refractivity contribution is -0.0805. The van der Waals surface area contributed by atoms with E-state index in [1.807, 2.05) is 36.4 Å². The van der Waals surface area contributed by atoms with Gasteiger partial charge in [-0.2, -0.15) is 0 Å². The maximum atomic E-state index is 10.5. The van der Waals surface area contributed by atoms with E-state index in [1.165, 1.54) is 0 Å². The van der Waals surface area contributed by atoms with Gasteiger partial charge in [0.05, 0.1) is 19.8 Å². The number of morpholine rings is 1. The van der Waals surface area contributed by atoms with Crippen molar-refractivity contribution in [1.29, 1.82) is 0 Å². The zero-order valence-corrected chi connectivity index (χ0v) is 18.5. The van der Waals surface area contributed by atoms with Crippen LogP contribution in [0.5, 0.6) is 11.5 Å². The Hall–Kier alpha value is -1.31. The van der Waals surface area contributed by atoms with Crippen LogP contribution in [0.1, 0.15) is 18.6 Å². The lowest BCUT2D eigenvalue weighted by Crippen LogP contribution is -2.49. The van der Waals surface area contributed by atoms with Crippen molar-refractivity contribution < 1.29 is 19.3 Å². The van der Waals surface area contributed by atoms with Crippen LogP contribution in [0.2, 0.25) is 0 Å². The van der Waals surface area contributed by atoms with Crippen molar-refractivity contribution in [2.75, 3.05) is 33.4 Å². The number of aliphatic hydroxyl groups excluding tert-OH is 1. The Morgan fingerprint density at radius 1 is 1.18 bits per heavy atom. The van der Waals surface area contributed by atoms with Gasteiger partial charge < -0.3 is 19.3 Å². The summed E-state index contributed by atoms with van der Waals surface area (Å²) in [7, 11) is 1.61. The largest absolute Gasteiger partial charge is 0.493 e. The van der Waals surface area contributed by atoms with Crippen molar-refractivity contribution in [3.05, 3.63) is 58.6 Å². The van der Waals surface area contributed by atoms with Crippen LogP contribution in [0.15, 0.2) is 53.0 Å². The topological polar surface area (TPSA) is 51.2 Å². The molecule has 1 N–H and O–H groups in total. The SMILES string of the molecule is COc1ccccc1OCC(O)CN1CCOC(c2ccc(Br)cc2)C1C.Cl. The van der Waals surface area contributed by atoms with Crippen LogP contribution in [-0.4, -0.2) is 55.6 Å². The molecule has 28 heavy (non-hydrogen) atoms. The van der Waals surface area contributed by atoms with Gasteiger partial charge in [0.2, 0.25) is 0 Å². The number of methoxy groups -OCH3 is 1. The average molecular weight is 473 g/mol. The van der Waals surface area contributed by atoms with E-state index >= 15 is 0 Å². The molecule has 1 aliphatic heterocycles.